The Hall–Kier alpha value is -0.820. The maximum Gasteiger partial charge on any atom is 0.00443 e. The van der Waals surface area contributed by atoms with Crippen molar-refractivity contribution in [2.24, 2.45) is 0 Å². The van der Waals surface area contributed by atoms with Crippen molar-refractivity contribution in [1.29, 1.82) is 0 Å². The first kappa shape index (κ1) is 12.3. The molecule has 84 valence electrons. The van der Waals surface area contributed by atoms with Crippen LogP contribution < -0.4 is 5.32 Å². The molecule has 1 heteroatoms. The Morgan fingerprint density at radius 1 is 1.13 bits per heavy atom. The van der Waals surface area contributed by atoms with Gasteiger partial charge in [0.15, 0.2) is 0 Å². The minimum atomic E-state index is 0.603. The Balaban J connectivity index is 2.53. The maximum absolute atomic E-state index is 3.46. The van der Waals surface area contributed by atoms with Gasteiger partial charge in [-0.1, -0.05) is 43.7 Å². The van der Waals surface area contributed by atoms with Gasteiger partial charge in [-0.15, -0.1) is 0 Å². The third-order valence-corrected chi connectivity index (χ3v) is 2.91. The van der Waals surface area contributed by atoms with Gasteiger partial charge in [0.25, 0.3) is 0 Å². The molecule has 0 aliphatic carbocycles. The van der Waals surface area contributed by atoms with Crippen LogP contribution in [0.2, 0.25) is 0 Å². The van der Waals surface area contributed by atoms with Crippen LogP contribution >= 0.6 is 0 Å². The summed E-state index contributed by atoms with van der Waals surface area (Å²) in [5.41, 5.74) is 2.79. The molecule has 2 atom stereocenters. The van der Waals surface area contributed by atoms with E-state index in [4.69, 9.17) is 0 Å². The lowest BCUT2D eigenvalue weighted by Gasteiger charge is -2.18. The monoisotopic (exact) mass is 205 g/mol. The van der Waals surface area contributed by atoms with Crippen LogP contribution in [0.1, 0.15) is 44.2 Å². The summed E-state index contributed by atoms with van der Waals surface area (Å²) in [6, 6.07) is 9.50. The molecular weight excluding hydrogens is 182 g/mol. The van der Waals surface area contributed by atoms with Gasteiger partial charge < -0.3 is 5.32 Å². The lowest BCUT2D eigenvalue weighted by Crippen LogP contribution is -2.26. The van der Waals surface area contributed by atoms with Gasteiger partial charge in [0.2, 0.25) is 0 Å². The molecule has 0 aliphatic heterocycles. The zero-order valence-electron chi connectivity index (χ0n) is 10.4. The van der Waals surface area contributed by atoms with E-state index in [1.807, 2.05) is 0 Å². The van der Waals surface area contributed by atoms with Crippen molar-refractivity contribution in [3.63, 3.8) is 0 Å². The minimum absolute atomic E-state index is 0.603. The van der Waals surface area contributed by atoms with E-state index >= 15 is 0 Å². The van der Waals surface area contributed by atoms with Crippen LogP contribution in [0.4, 0.5) is 0 Å². The summed E-state index contributed by atoms with van der Waals surface area (Å²) in [6.45, 7) is 9.91. The molecule has 0 aromatic heterocycles. The van der Waals surface area contributed by atoms with E-state index in [1.165, 1.54) is 17.5 Å². The van der Waals surface area contributed by atoms with E-state index in [1.54, 1.807) is 0 Å². The quantitative estimate of drug-likeness (QED) is 0.776. The minimum Gasteiger partial charge on any atom is -0.315 e. The van der Waals surface area contributed by atoms with Gasteiger partial charge in [0, 0.05) is 6.04 Å². The highest BCUT2D eigenvalue weighted by atomic mass is 14.9. The SMILES string of the molecule is CCNC(C)CC(C)c1ccc(C)cc1. The standard InChI is InChI=1S/C14H23N/c1-5-15-13(4)10-12(3)14-8-6-11(2)7-9-14/h6-9,12-13,15H,5,10H2,1-4H3. The molecular formula is C14H23N. The highest BCUT2D eigenvalue weighted by Gasteiger charge is 2.09. The fourth-order valence-corrected chi connectivity index (χ4v) is 1.99. The molecule has 0 spiro atoms. The second kappa shape index (κ2) is 5.92. The first-order valence-corrected chi connectivity index (χ1v) is 5.93. The molecule has 15 heavy (non-hydrogen) atoms. The highest BCUT2D eigenvalue weighted by molar-refractivity contribution is 5.24. The van der Waals surface area contributed by atoms with Gasteiger partial charge in [0.1, 0.15) is 0 Å². The van der Waals surface area contributed by atoms with E-state index in [0.717, 1.165) is 6.54 Å². The lowest BCUT2D eigenvalue weighted by atomic mass is 9.94. The summed E-state index contributed by atoms with van der Waals surface area (Å²) in [5.74, 6) is 0.639. The predicted molar refractivity (Wildman–Crippen MR) is 67.3 cm³/mol. The molecule has 1 nitrogen and oxygen atoms in total. The van der Waals surface area contributed by atoms with Crippen LogP contribution in [0.25, 0.3) is 0 Å². The summed E-state index contributed by atoms with van der Waals surface area (Å²) < 4.78 is 0. The summed E-state index contributed by atoms with van der Waals surface area (Å²) in [6.07, 6.45) is 1.21. The van der Waals surface area contributed by atoms with Crippen LogP contribution in [0.15, 0.2) is 24.3 Å². The topological polar surface area (TPSA) is 12.0 Å². The maximum atomic E-state index is 3.46. The average molecular weight is 205 g/mol. The Kier molecular flexibility index (Phi) is 4.83. The summed E-state index contributed by atoms with van der Waals surface area (Å²) in [5, 5.41) is 3.46. The smallest absolute Gasteiger partial charge is 0.00443 e. The van der Waals surface area contributed by atoms with Crippen molar-refractivity contribution in [3.8, 4) is 0 Å². The molecule has 1 aromatic rings. The van der Waals surface area contributed by atoms with Gasteiger partial charge in [0.05, 0.1) is 0 Å². The number of aryl methyl sites for hydroxylation is 1. The molecule has 0 radical (unpaired) electrons. The molecule has 0 bridgehead atoms. The molecule has 0 amide bonds. The van der Waals surface area contributed by atoms with Crippen molar-refractivity contribution >= 4 is 0 Å². The molecule has 0 fully saturated rings. The third kappa shape index (κ3) is 4.05. The van der Waals surface area contributed by atoms with Gasteiger partial charge in [-0.25, -0.2) is 0 Å². The summed E-state index contributed by atoms with van der Waals surface area (Å²) in [4.78, 5) is 0. The Morgan fingerprint density at radius 2 is 1.73 bits per heavy atom. The molecule has 1 aromatic carbocycles. The zero-order chi connectivity index (χ0) is 11.3. The second-order valence-corrected chi connectivity index (χ2v) is 4.51. The first-order chi connectivity index (χ1) is 7.13. The van der Waals surface area contributed by atoms with Gasteiger partial charge in [-0.3, -0.25) is 0 Å². The lowest BCUT2D eigenvalue weighted by molar-refractivity contribution is 0.491. The fourth-order valence-electron chi connectivity index (χ4n) is 1.99. The van der Waals surface area contributed by atoms with Gasteiger partial charge in [-0.05, 0) is 38.3 Å². The first-order valence-electron chi connectivity index (χ1n) is 5.93. The van der Waals surface area contributed by atoms with Crippen LogP contribution in [-0.4, -0.2) is 12.6 Å². The molecule has 2 unspecified atom stereocenters. The second-order valence-electron chi connectivity index (χ2n) is 4.51. The van der Waals surface area contributed by atoms with Crippen LogP contribution in [0, 0.1) is 6.92 Å². The van der Waals surface area contributed by atoms with Gasteiger partial charge >= 0.3 is 0 Å². The number of benzene rings is 1. The Bertz CT molecular complexity index is 276. The fraction of sp³-hybridized carbons (Fsp3) is 0.571. The molecule has 0 aliphatic rings. The summed E-state index contributed by atoms with van der Waals surface area (Å²) in [7, 11) is 0. The van der Waals surface area contributed by atoms with E-state index in [2.05, 4.69) is 57.3 Å². The van der Waals surface area contributed by atoms with Crippen molar-refractivity contribution < 1.29 is 0 Å². The number of hydrogen-bond donors (Lipinski definition) is 1. The summed E-state index contributed by atoms with van der Waals surface area (Å²) >= 11 is 0. The van der Waals surface area contributed by atoms with Gasteiger partial charge in [-0.2, -0.15) is 0 Å². The largest absolute Gasteiger partial charge is 0.315 e. The Labute approximate surface area is 93.9 Å². The third-order valence-electron chi connectivity index (χ3n) is 2.91. The number of hydrogen-bond acceptors (Lipinski definition) is 1. The van der Waals surface area contributed by atoms with E-state index < -0.39 is 0 Å². The van der Waals surface area contributed by atoms with Crippen LogP contribution in [0.5, 0.6) is 0 Å². The van der Waals surface area contributed by atoms with E-state index in [0.29, 0.717) is 12.0 Å². The van der Waals surface area contributed by atoms with Crippen LogP contribution in [-0.2, 0) is 0 Å². The average Bonchev–Trinajstić information content (AvgIpc) is 2.18. The molecule has 1 rings (SSSR count). The zero-order valence-corrected chi connectivity index (χ0v) is 10.4. The van der Waals surface area contributed by atoms with Crippen molar-refractivity contribution in [1.82, 2.24) is 5.32 Å². The molecule has 0 saturated carbocycles. The van der Waals surface area contributed by atoms with E-state index in [9.17, 15) is 0 Å². The Morgan fingerprint density at radius 3 is 2.27 bits per heavy atom. The number of nitrogens with one attached hydrogen (secondary N) is 1. The normalized spacial score (nSPS) is 14.9. The van der Waals surface area contributed by atoms with Crippen LogP contribution in [0.3, 0.4) is 0 Å². The predicted octanol–water partition coefficient (Wildman–Crippen LogP) is 3.49. The van der Waals surface area contributed by atoms with Crippen molar-refractivity contribution in [2.45, 2.75) is 46.1 Å². The van der Waals surface area contributed by atoms with E-state index in [-0.39, 0.29) is 0 Å². The van der Waals surface area contributed by atoms with Crippen molar-refractivity contribution in [2.75, 3.05) is 6.54 Å². The molecule has 1 N–H and O–H groups in total. The highest BCUT2D eigenvalue weighted by Crippen LogP contribution is 2.20. The number of rotatable bonds is 5. The van der Waals surface area contributed by atoms with Crippen molar-refractivity contribution in [3.05, 3.63) is 35.4 Å². The molecule has 0 saturated heterocycles. The molecule has 0 heterocycles.